The average Bonchev–Trinajstić information content (AvgIpc) is 2.97. The number of hydrogen-bond acceptors (Lipinski definition) is 5. The van der Waals surface area contributed by atoms with Gasteiger partial charge in [-0.3, -0.25) is 9.59 Å². The Morgan fingerprint density at radius 3 is 2.53 bits per heavy atom. The Hall–Kier alpha value is -3.63. The standard InChI is InChI=1S/C38H54N2O5/c1-9-10-11-12-13-16-34(42)40-33-21-20-32-24-27(3)18-19-28(4)37(29(5)36(44)30(6)39-31(7)41)45-35(43)17-14-15-26(2)22-23-38(32,8)25-33/h1,14-15,17-24,28-30,32-33,36-37,44H,10-13,16,25H2,2-8H3,(H,39,41)(H,40,42)/b17-14+,19-18+,23-22+,26-15-,27-24+/t28-,29-,30-,32-,33+,36+,37-,38-/m1/s1. The summed E-state index contributed by atoms with van der Waals surface area (Å²) in [5, 5.41) is 17.0. The van der Waals surface area contributed by atoms with E-state index in [9.17, 15) is 19.5 Å². The summed E-state index contributed by atoms with van der Waals surface area (Å²) in [5.74, 6) is 1.39. The van der Waals surface area contributed by atoms with Gasteiger partial charge in [0.05, 0.1) is 12.1 Å². The van der Waals surface area contributed by atoms with Crippen molar-refractivity contribution in [3.63, 3.8) is 0 Å². The van der Waals surface area contributed by atoms with Gasteiger partial charge in [0.2, 0.25) is 11.8 Å². The van der Waals surface area contributed by atoms with E-state index in [0.717, 1.165) is 43.3 Å². The van der Waals surface area contributed by atoms with Gasteiger partial charge in [-0.2, -0.15) is 0 Å². The first-order valence-corrected chi connectivity index (χ1v) is 16.2. The maximum Gasteiger partial charge on any atom is 0.331 e. The summed E-state index contributed by atoms with van der Waals surface area (Å²) in [6.07, 6.45) is 28.2. The normalized spacial score (nSPS) is 32.0. The highest BCUT2D eigenvalue weighted by Crippen LogP contribution is 2.41. The van der Waals surface area contributed by atoms with Crippen molar-refractivity contribution in [2.75, 3.05) is 0 Å². The number of fused-ring (bicyclic) bond motifs is 1. The SMILES string of the molecule is C#CCCCCCC(=O)N[C@H]1C=C[C@@H]2/C=C(C)/C=C/[C@@H](C)[C@H]([C@H](C)[C@H](O)[C@@H](C)NC(C)=O)OC(=O)/C=C/C=C(C)\C=C\[C@]2(C)C1. The Morgan fingerprint density at radius 1 is 1.11 bits per heavy atom. The zero-order chi connectivity index (χ0) is 33.6. The van der Waals surface area contributed by atoms with Gasteiger partial charge in [-0.25, -0.2) is 4.79 Å². The fourth-order valence-electron chi connectivity index (χ4n) is 5.97. The van der Waals surface area contributed by atoms with Crippen molar-refractivity contribution < 1.29 is 24.2 Å². The summed E-state index contributed by atoms with van der Waals surface area (Å²) in [5.41, 5.74) is 1.75. The quantitative estimate of drug-likeness (QED) is 0.116. The maximum atomic E-state index is 12.9. The molecule has 0 bridgehead atoms. The van der Waals surface area contributed by atoms with E-state index in [4.69, 9.17) is 11.2 Å². The molecule has 2 aliphatic rings. The van der Waals surface area contributed by atoms with Crippen molar-refractivity contribution in [1.29, 1.82) is 0 Å². The highest BCUT2D eigenvalue weighted by atomic mass is 16.5. The highest BCUT2D eigenvalue weighted by molar-refractivity contribution is 5.82. The smallest absolute Gasteiger partial charge is 0.331 e. The molecule has 0 radical (unpaired) electrons. The van der Waals surface area contributed by atoms with Gasteiger partial charge < -0.3 is 20.5 Å². The number of cyclic esters (lactones) is 1. The number of nitrogens with one attached hydrogen (secondary N) is 2. The molecule has 7 heteroatoms. The second-order valence-corrected chi connectivity index (χ2v) is 13.0. The number of aliphatic hydroxyl groups excluding tert-OH is 1. The summed E-state index contributed by atoms with van der Waals surface area (Å²) in [6, 6.07) is -0.581. The predicted molar refractivity (Wildman–Crippen MR) is 182 cm³/mol. The molecular formula is C38H54N2O5. The highest BCUT2D eigenvalue weighted by Gasteiger charge is 2.36. The van der Waals surface area contributed by atoms with Gasteiger partial charge >= 0.3 is 5.97 Å². The zero-order valence-corrected chi connectivity index (χ0v) is 28.2. The number of terminal acetylenes is 1. The number of allylic oxidation sites excluding steroid dienone is 9. The molecule has 0 fully saturated rings. The first-order chi connectivity index (χ1) is 21.2. The topological polar surface area (TPSA) is 105 Å². The Labute approximate surface area is 271 Å². The Kier molecular flexibility index (Phi) is 15.3. The molecule has 2 amide bonds. The van der Waals surface area contributed by atoms with E-state index in [1.165, 1.54) is 13.0 Å². The van der Waals surface area contributed by atoms with Gasteiger partial charge in [-0.1, -0.05) is 93.0 Å². The summed E-state index contributed by atoms with van der Waals surface area (Å²) < 4.78 is 5.89. The molecule has 246 valence electrons. The molecular weight excluding hydrogens is 564 g/mol. The van der Waals surface area contributed by atoms with Crippen LogP contribution in [0, 0.1) is 35.5 Å². The van der Waals surface area contributed by atoms with Crippen LogP contribution in [0.1, 0.15) is 87.0 Å². The van der Waals surface area contributed by atoms with Crippen LogP contribution in [0.15, 0.2) is 71.9 Å². The lowest BCUT2D eigenvalue weighted by atomic mass is 9.68. The van der Waals surface area contributed by atoms with Gasteiger partial charge in [0.25, 0.3) is 0 Å². The van der Waals surface area contributed by atoms with Crippen LogP contribution in [0.3, 0.4) is 0 Å². The Morgan fingerprint density at radius 2 is 1.84 bits per heavy atom. The third-order valence-corrected chi connectivity index (χ3v) is 8.74. The van der Waals surface area contributed by atoms with Crippen molar-refractivity contribution in [1.82, 2.24) is 10.6 Å². The largest absolute Gasteiger partial charge is 0.458 e. The number of esters is 1. The molecule has 1 aliphatic heterocycles. The number of ether oxygens (including phenoxy) is 1. The van der Waals surface area contributed by atoms with Crippen LogP contribution < -0.4 is 10.6 Å². The maximum absolute atomic E-state index is 12.9. The van der Waals surface area contributed by atoms with Gasteiger partial charge in [-0.15, -0.1) is 12.3 Å². The van der Waals surface area contributed by atoms with Crippen molar-refractivity contribution in [2.24, 2.45) is 23.2 Å². The molecule has 0 spiro atoms. The van der Waals surface area contributed by atoms with Crippen LogP contribution in [-0.2, 0) is 19.1 Å². The van der Waals surface area contributed by atoms with Gasteiger partial charge in [0.1, 0.15) is 6.10 Å². The van der Waals surface area contributed by atoms with Crippen LogP contribution in [0.5, 0.6) is 0 Å². The molecule has 0 aromatic carbocycles. The number of amides is 2. The molecule has 45 heavy (non-hydrogen) atoms. The van der Waals surface area contributed by atoms with E-state index in [1.807, 2.05) is 45.9 Å². The second-order valence-electron chi connectivity index (χ2n) is 13.0. The molecule has 2 rings (SSSR count). The van der Waals surface area contributed by atoms with Gasteiger partial charge in [-0.05, 0) is 45.4 Å². The summed E-state index contributed by atoms with van der Waals surface area (Å²) in [7, 11) is 0. The average molecular weight is 619 g/mol. The van der Waals surface area contributed by atoms with Crippen LogP contribution in [0.25, 0.3) is 0 Å². The lowest BCUT2D eigenvalue weighted by molar-refractivity contribution is -0.151. The second kappa shape index (κ2) is 18.4. The van der Waals surface area contributed by atoms with E-state index >= 15 is 0 Å². The molecule has 7 nitrogen and oxygen atoms in total. The molecule has 1 heterocycles. The van der Waals surface area contributed by atoms with E-state index in [2.05, 4.69) is 53.9 Å². The van der Waals surface area contributed by atoms with E-state index < -0.39 is 30.1 Å². The zero-order valence-electron chi connectivity index (χ0n) is 28.2. The molecule has 0 saturated heterocycles. The first-order valence-electron chi connectivity index (χ1n) is 16.2. The van der Waals surface area contributed by atoms with Gasteiger partial charge in [0, 0.05) is 49.6 Å². The number of hydrogen-bond donors (Lipinski definition) is 3. The number of rotatable bonds is 10. The third-order valence-electron chi connectivity index (χ3n) is 8.74. The van der Waals surface area contributed by atoms with Crippen molar-refractivity contribution >= 4 is 17.8 Å². The fraction of sp³-hybridized carbons (Fsp3) is 0.553. The summed E-state index contributed by atoms with van der Waals surface area (Å²) in [4.78, 5) is 37.1. The van der Waals surface area contributed by atoms with Crippen LogP contribution in [0.4, 0.5) is 0 Å². The van der Waals surface area contributed by atoms with Crippen molar-refractivity contribution in [3.05, 3.63) is 71.9 Å². The minimum atomic E-state index is -0.920. The molecule has 0 unspecified atom stereocenters. The predicted octanol–water partition coefficient (Wildman–Crippen LogP) is 6.28. The lowest BCUT2D eigenvalue weighted by Crippen LogP contribution is -2.48. The van der Waals surface area contributed by atoms with Crippen molar-refractivity contribution in [3.8, 4) is 12.3 Å². The monoisotopic (exact) mass is 618 g/mol. The summed E-state index contributed by atoms with van der Waals surface area (Å²) in [6.45, 7) is 13.2. The fourth-order valence-corrected chi connectivity index (χ4v) is 5.97. The van der Waals surface area contributed by atoms with E-state index in [-0.39, 0.29) is 35.1 Å². The van der Waals surface area contributed by atoms with E-state index in [0.29, 0.717) is 6.42 Å². The third kappa shape index (κ3) is 12.7. The van der Waals surface area contributed by atoms with Gasteiger partial charge in [0.15, 0.2) is 0 Å². The number of aliphatic hydroxyl groups is 1. The van der Waals surface area contributed by atoms with E-state index in [1.54, 1.807) is 13.0 Å². The van der Waals surface area contributed by atoms with Crippen LogP contribution in [-0.4, -0.2) is 47.2 Å². The lowest BCUT2D eigenvalue weighted by Gasteiger charge is -2.39. The van der Waals surface area contributed by atoms with Crippen LogP contribution in [0.2, 0.25) is 0 Å². The molecule has 0 aromatic rings. The Bertz CT molecular complexity index is 1250. The summed E-state index contributed by atoms with van der Waals surface area (Å²) >= 11 is 0. The molecule has 0 saturated carbocycles. The molecule has 0 aromatic heterocycles. The van der Waals surface area contributed by atoms with Crippen molar-refractivity contribution in [2.45, 2.75) is 111 Å². The molecule has 1 aliphatic carbocycles. The molecule has 3 N–H and O–H groups in total. The Balaban J connectivity index is 2.35. The minimum absolute atomic E-state index is 0.0571. The number of carbonyl (C=O) groups excluding carboxylic acids is 3. The first kappa shape index (κ1) is 37.6. The number of carbonyl (C=O) groups is 3. The molecule has 8 atom stereocenters. The minimum Gasteiger partial charge on any atom is -0.458 e. The number of unbranched alkanes of at least 4 members (excludes halogenated alkanes) is 3. The van der Waals surface area contributed by atoms with Crippen LogP contribution >= 0.6 is 0 Å².